The SMILES string of the molecule is C#CCC.C/C=C\c1c(/C(C)=C/SC(=C\CC)/C(=C/C(=C\CCC)C(=O)OC)C(C)=O)c[nH]c1C.CC. The van der Waals surface area contributed by atoms with Gasteiger partial charge < -0.3 is 9.72 Å². The number of carbonyl (C=O) groups is 2. The fourth-order valence-electron chi connectivity index (χ4n) is 2.99. The van der Waals surface area contributed by atoms with Gasteiger partial charge in [0.2, 0.25) is 0 Å². The molecule has 0 aliphatic rings. The van der Waals surface area contributed by atoms with E-state index in [-0.39, 0.29) is 5.78 Å². The molecule has 37 heavy (non-hydrogen) atoms. The lowest BCUT2D eigenvalue weighted by Gasteiger charge is -2.10. The van der Waals surface area contributed by atoms with E-state index in [4.69, 9.17) is 11.2 Å². The maximum absolute atomic E-state index is 12.5. The molecule has 0 saturated heterocycles. The Morgan fingerprint density at radius 3 is 2.24 bits per heavy atom. The van der Waals surface area contributed by atoms with Crippen molar-refractivity contribution in [3.63, 3.8) is 0 Å². The number of aromatic amines is 1. The minimum absolute atomic E-state index is 0.0864. The van der Waals surface area contributed by atoms with E-state index < -0.39 is 5.97 Å². The summed E-state index contributed by atoms with van der Waals surface area (Å²) < 4.78 is 4.91. The molecule has 1 aromatic heterocycles. The molecule has 1 rings (SSSR count). The summed E-state index contributed by atoms with van der Waals surface area (Å²) in [6, 6.07) is 0. The minimum Gasteiger partial charge on any atom is -0.465 e. The Kier molecular flexibility index (Phi) is 21.8. The van der Waals surface area contributed by atoms with Crippen LogP contribution in [0.1, 0.15) is 97.9 Å². The molecule has 0 aromatic carbocycles. The van der Waals surface area contributed by atoms with Crippen LogP contribution in [0.25, 0.3) is 11.6 Å². The number of allylic oxidation sites excluding steroid dienone is 5. The summed E-state index contributed by atoms with van der Waals surface area (Å²) in [5, 5.41) is 2.06. The number of thioether (sulfide) groups is 1. The maximum Gasteiger partial charge on any atom is 0.337 e. The lowest BCUT2D eigenvalue weighted by Crippen LogP contribution is -2.06. The highest BCUT2D eigenvalue weighted by Crippen LogP contribution is 2.32. The van der Waals surface area contributed by atoms with Crippen molar-refractivity contribution < 1.29 is 14.3 Å². The normalized spacial score (nSPS) is 12.2. The van der Waals surface area contributed by atoms with E-state index >= 15 is 0 Å². The second-order valence-corrected chi connectivity index (χ2v) is 8.66. The third-order valence-corrected chi connectivity index (χ3v) is 5.97. The number of ether oxygens (including phenoxy) is 1. The number of aryl methyl sites for hydroxylation is 1. The molecule has 1 heterocycles. The van der Waals surface area contributed by atoms with E-state index in [0.717, 1.165) is 53.0 Å². The molecule has 0 atom stereocenters. The molecule has 0 saturated carbocycles. The summed E-state index contributed by atoms with van der Waals surface area (Å²) in [6.07, 6.45) is 19.7. The van der Waals surface area contributed by atoms with E-state index in [1.165, 1.54) is 25.8 Å². The first-order chi connectivity index (χ1) is 17.7. The number of terminal acetylenes is 1. The van der Waals surface area contributed by atoms with Crippen molar-refractivity contribution in [2.75, 3.05) is 7.11 Å². The fourth-order valence-corrected chi connectivity index (χ4v) is 4.01. The Balaban J connectivity index is 0. The smallest absolute Gasteiger partial charge is 0.337 e. The van der Waals surface area contributed by atoms with Crippen LogP contribution in [-0.4, -0.2) is 23.8 Å². The van der Waals surface area contributed by atoms with Crippen LogP contribution in [0, 0.1) is 19.3 Å². The van der Waals surface area contributed by atoms with Gasteiger partial charge in [-0.1, -0.05) is 77.1 Å². The number of aromatic nitrogens is 1. The molecule has 204 valence electrons. The second-order valence-electron chi connectivity index (χ2n) is 7.75. The van der Waals surface area contributed by atoms with Gasteiger partial charge in [0.25, 0.3) is 0 Å². The summed E-state index contributed by atoms with van der Waals surface area (Å²) in [5.74, 6) is 1.91. The molecular weight excluding hydrogens is 478 g/mol. The average Bonchev–Trinajstić information content (AvgIpc) is 3.27. The monoisotopic (exact) mass is 525 g/mol. The van der Waals surface area contributed by atoms with Crippen molar-refractivity contribution in [3.05, 3.63) is 68.8 Å². The van der Waals surface area contributed by atoms with Gasteiger partial charge in [-0.2, -0.15) is 0 Å². The van der Waals surface area contributed by atoms with Gasteiger partial charge in [0.15, 0.2) is 5.78 Å². The largest absolute Gasteiger partial charge is 0.465 e. The number of rotatable bonds is 11. The van der Waals surface area contributed by atoms with Gasteiger partial charge in [-0.25, -0.2) is 4.79 Å². The molecule has 0 amide bonds. The number of methoxy groups -OCH3 is 1. The molecule has 4 nitrogen and oxygen atoms in total. The molecule has 0 radical (unpaired) electrons. The molecule has 1 N–H and O–H groups in total. The molecule has 1 aromatic rings. The van der Waals surface area contributed by atoms with Gasteiger partial charge in [-0.3, -0.25) is 4.79 Å². The van der Waals surface area contributed by atoms with Crippen LogP contribution in [-0.2, 0) is 14.3 Å². The average molecular weight is 526 g/mol. The lowest BCUT2D eigenvalue weighted by molar-refractivity contribution is -0.135. The number of ketones is 1. The molecule has 0 aliphatic carbocycles. The molecule has 0 bridgehead atoms. The van der Waals surface area contributed by atoms with Gasteiger partial charge in [0, 0.05) is 39.9 Å². The minimum atomic E-state index is -0.432. The first kappa shape index (κ1) is 36.2. The summed E-state index contributed by atoms with van der Waals surface area (Å²) >= 11 is 1.50. The lowest BCUT2D eigenvalue weighted by atomic mass is 10.1. The van der Waals surface area contributed by atoms with Crippen molar-refractivity contribution in [3.8, 4) is 12.3 Å². The van der Waals surface area contributed by atoms with Gasteiger partial charge in [-0.15, -0.1) is 12.3 Å². The Morgan fingerprint density at radius 2 is 1.78 bits per heavy atom. The van der Waals surface area contributed by atoms with E-state index in [1.807, 2.05) is 66.0 Å². The number of H-pyrrole nitrogens is 1. The first-order valence-electron chi connectivity index (χ1n) is 13.0. The highest BCUT2D eigenvalue weighted by atomic mass is 32.2. The summed E-state index contributed by atoms with van der Waals surface area (Å²) in [5.41, 5.74) is 5.43. The zero-order valence-electron chi connectivity index (χ0n) is 24.6. The quantitative estimate of drug-likeness (QED) is 0.135. The Bertz CT molecular complexity index is 1030. The zero-order chi connectivity index (χ0) is 28.8. The van der Waals surface area contributed by atoms with Crippen LogP contribution in [0.15, 0.2) is 52.0 Å². The number of unbranched alkanes of at least 4 members (excludes halogenated alkanes) is 1. The summed E-state index contributed by atoms with van der Waals surface area (Å²) in [7, 11) is 1.36. The number of carbonyl (C=O) groups excluding carboxylic acids is 2. The van der Waals surface area contributed by atoms with Crippen LogP contribution in [0.3, 0.4) is 0 Å². The highest BCUT2D eigenvalue weighted by Gasteiger charge is 2.15. The van der Waals surface area contributed by atoms with E-state index in [9.17, 15) is 9.59 Å². The third-order valence-electron chi connectivity index (χ3n) is 4.86. The number of nitrogens with one attached hydrogen (secondary N) is 1. The van der Waals surface area contributed by atoms with Crippen molar-refractivity contribution in [1.82, 2.24) is 4.98 Å². The third kappa shape index (κ3) is 13.8. The topological polar surface area (TPSA) is 59.2 Å². The predicted octanol–water partition coefficient (Wildman–Crippen LogP) is 9.21. The van der Waals surface area contributed by atoms with Crippen molar-refractivity contribution in [2.24, 2.45) is 0 Å². The second kappa shape index (κ2) is 22.2. The number of Topliss-reactive ketones (excluding diaryl/α,β-unsaturated/α-hetero) is 1. The number of hydrogen-bond donors (Lipinski definition) is 1. The number of esters is 1. The van der Waals surface area contributed by atoms with Crippen LogP contribution < -0.4 is 0 Å². The zero-order valence-corrected chi connectivity index (χ0v) is 25.4. The van der Waals surface area contributed by atoms with Crippen molar-refractivity contribution in [1.29, 1.82) is 0 Å². The standard InChI is InChI=1S/C26H35NO3S.C4H6.C2H6/c1-8-11-14-21(26(29)30-7)15-23(20(6)28)25(13-10-3)31-17-18(4)24-16-27-19(5)22(24)12-9-2;1-3-4-2;1-2/h9,12-17,27H,8,10-11H2,1-7H3;1H,4H2,2H3;1-2H3/b12-9-,18-17+,21-14+,23-15+,25-13-;;. The molecule has 5 heteroatoms. The van der Waals surface area contributed by atoms with Crippen LogP contribution in [0.5, 0.6) is 0 Å². The van der Waals surface area contributed by atoms with Gasteiger partial charge in [0.05, 0.1) is 12.7 Å². The van der Waals surface area contributed by atoms with Crippen molar-refractivity contribution in [2.45, 2.75) is 88.0 Å². The molecule has 0 fully saturated rings. The van der Waals surface area contributed by atoms with Crippen LogP contribution in [0.2, 0.25) is 0 Å². The molecular formula is C32H47NO3S. The summed E-state index contributed by atoms with van der Waals surface area (Å²) in [4.78, 5) is 28.8. The van der Waals surface area contributed by atoms with Crippen molar-refractivity contribution >= 4 is 35.2 Å². The molecule has 0 spiro atoms. The Morgan fingerprint density at radius 1 is 1.16 bits per heavy atom. The Labute approximate surface area is 230 Å². The Hall–Kier alpha value is -2.97. The number of hydrogen-bond acceptors (Lipinski definition) is 4. The van der Waals surface area contributed by atoms with Crippen LogP contribution >= 0.6 is 11.8 Å². The van der Waals surface area contributed by atoms with E-state index in [0.29, 0.717) is 11.1 Å². The maximum atomic E-state index is 12.5. The van der Waals surface area contributed by atoms with E-state index in [1.54, 1.807) is 6.08 Å². The highest BCUT2D eigenvalue weighted by molar-refractivity contribution is 8.06. The van der Waals surface area contributed by atoms with E-state index in [2.05, 4.69) is 36.2 Å². The predicted molar refractivity (Wildman–Crippen MR) is 164 cm³/mol. The molecule has 0 aliphatic heterocycles. The summed E-state index contributed by atoms with van der Waals surface area (Å²) in [6.45, 7) is 17.7. The van der Waals surface area contributed by atoms with Gasteiger partial charge in [0.1, 0.15) is 0 Å². The molecule has 0 unspecified atom stereocenters. The van der Waals surface area contributed by atoms with Gasteiger partial charge in [-0.05, 0) is 57.6 Å². The van der Waals surface area contributed by atoms with Gasteiger partial charge >= 0.3 is 5.97 Å². The van der Waals surface area contributed by atoms with Crippen LogP contribution in [0.4, 0.5) is 0 Å². The fraction of sp³-hybridized carbons (Fsp3) is 0.438. The first-order valence-corrected chi connectivity index (χ1v) is 13.9.